The second kappa shape index (κ2) is 9.79. The van der Waals surface area contributed by atoms with E-state index in [4.69, 9.17) is 16.3 Å². The van der Waals surface area contributed by atoms with Gasteiger partial charge in [-0.25, -0.2) is 0 Å². The monoisotopic (exact) mass is 414 g/mol. The Morgan fingerprint density at radius 2 is 1.97 bits per heavy atom. The Labute approximate surface area is 177 Å². The molecule has 0 fully saturated rings. The van der Waals surface area contributed by atoms with Gasteiger partial charge in [-0.05, 0) is 50.5 Å². The second-order valence-electron chi connectivity index (χ2n) is 7.54. The highest BCUT2D eigenvalue weighted by atomic mass is 35.5. The summed E-state index contributed by atoms with van der Waals surface area (Å²) in [6.45, 7) is 4.35. The summed E-state index contributed by atoms with van der Waals surface area (Å²) in [6, 6.07) is 15.5. The van der Waals surface area contributed by atoms with Gasteiger partial charge in [0.1, 0.15) is 11.9 Å². The Hall–Kier alpha value is -2.53. The maximum absolute atomic E-state index is 12.8. The molecule has 5 nitrogen and oxygen atoms in total. The molecule has 0 unspecified atom stereocenters. The van der Waals surface area contributed by atoms with Gasteiger partial charge in [0.15, 0.2) is 0 Å². The van der Waals surface area contributed by atoms with Crippen LogP contribution in [0, 0.1) is 0 Å². The van der Waals surface area contributed by atoms with Gasteiger partial charge in [0.25, 0.3) is 0 Å². The molecule has 29 heavy (non-hydrogen) atoms. The number of ether oxygens (including phenoxy) is 1. The molecule has 1 aliphatic rings. The van der Waals surface area contributed by atoms with Gasteiger partial charge in [-0.2, -0.15) is 0 Å². The number of carbonyl (C=O) groups excluding carboxylic acids is 2. The molecule has 1 heterocycles. The molecule has 0 aliphatic carbocycles. The Morgan fingerprint density at radius 3 is 2.72 bits per heavy atom. The van der Waals surface area contributed by atoms with Crippen molar-refractivity contribution in [2.45, 2.75) is 51.7 Å². The fourth-order valence-corrected chi connectivity index (χ4v) is 3.62. The molecule has 2 aromatic rings. The smallest absolute Gasteiger partial charge is 0.227 e. The molecule has 0 bridgehead atoms. The van der Waals surface area contributed by atoms with Crippen molar-refractivity contribution in [3.8, 4) is 5.75 Å². The van der Waals surface area contributed by atoms with E-state index in [0.29, 0.717) is 23.0 Å². The van der Waals surface area contributed by atoms with E-state index in [1.165, 1.54) is 5.56 Å². The van der Waals surface area contributed by atoms with Crippen molar-refractivity contribution >= 4 is 29.1 Å². The molecule has 0 saturated heterocycles. The molecule has 154 valence electrons. The lowest BCUT2D eigenvalue weighted by Crippen LogP contribution is -2.43. The summed E-state index contributed by atoms with van der Waals surface area (Å²) < 4.78 is 5.78. The van der Waals surface area contributed by atoms with Gasteiger partial charge in [0.2, 0.25) is 11.8 Å². The maximum Gasteiger partial charge on any atom is 0.227 e. The van der Waals surface area contributed by atoms with E-state index in [0.717, 1.165) is 12.8 Å². The molecule has 3 rings (SSSR count). The predicted molar refractivity (Wildman–Crippen MR) is 115 cm³/mol. The average molecular weight is 415 g/mol. The van der Waals surface area contributed by atoms with Crippen molar-refractivity contribution in [2.75, 3.05) is 11.4 Å². The standard InChI is InChI=1S/C23H27ClN2O3/c1-16(8-9-18-6-4-3-5-7-18)25-22(27)12-13-23(28)26-15-17(2)29-21-11-10-19(24)14-20(21)26/h3-7,10-11,14,16-17H,8-9,12-13,15H2,1-2H3,(H,25,27)/t16-,17-/m1/s1. The maximum atomic E-state index is 12.8. The lowest BCUT2D eigenvalue weighted by atomic mass is 10.1. The number of benzene rings is 2. The van der Waals surface area contributed by atoms with Crippen LogP contribution in [0.15, 0.2) is 48.5 Å². The van der Waals surface area contributed by atoms with Crippen molar-refractivity contribution in [3.05, 3.63) is 59.1 Å². The van der Waals surface area contributed by atoms with Gasteiger partial charge in [0.05, 0.1) is 12.2 Å². The minimum absolute atomic E-state index is 0.0562. The third kappa shape index (κ3) is 5.97. The van der Waals surface area contributed by atoms with Crippen LogP contribution in [0.2, 0.25) is 5.02 Å². The van der Waals surface area contributed by atoms with Gasteiger partial charge < -0.3 is 15.0 Å². The van der Waals surface area contributed by atoms with Gasteiger partial charge in [-0.15, -0.1) is 0 Å². The van der Waals surface area contributed by atoms with Crippen molar-refractivity contribution in [3.63, 3.8) is 0 Å². The van der Waals surface area contributed by atoms with Gasteiger partial charge in [-0.1, -0.05) is 41.9 Å². The minimum Gasteiger partial charge on any atom is -0.487 e. The Balaban J connectivity index is 1.49. The summed E-state index contributed by atoms with van der Waals surface area (Å²) in [4.78, 5) is 26.7. The lowest BCUT2D eigenvalue weighted by Gasteiger charge is -2.33. The van der Waals surface area contributed by atoms with Crippen LogP contribution in [0.1, 0.15) is 38.7 Å². The number of anilines is 1. The van der Waals surface area contributed by atoms with E-state index < -0.39 is 0 Å². The fraction of sp³-hybridized carbons (Fsp3) is 0.391. The molecular formula is C23H27ClN2O3. The summed E-state index contributed by atoms with van der Waals surface area (Å²) >= 11 is 6.08. The first kappa shape index (κ1) is 21.2. The first-order valence-electron chi connectivity index (χ1n) is 10.0. The fourth-order valence-electron chi connectivity index (χ4n) is 3.45. The number of hydrogen-bond acceptors (Lipinski definition) is 3. The van der Waals surface area contributed by atoms with Crippen molar-refractivity contribution in [1.29, 1.82) is 0 Å². The zero-order valence-corrected chi connectivity index (χ0v) is 17.6. The quantitative estimate of drug-likeness (QED) is 0.731. The molecule has 0 saturated carbocycles. The third-order valence-electron chi connectivity index (χ3n) is 4.96. The average Bonchev–Trinajstić information content (AvgIpc) is 2.71. The van der Waals surface area contributed by atoms with Crippen LogP contribution >= 0.6 is 11.6 Å². The van der Waals surface area contributed by atoms with Crippen LogP contribution in [-0.2, 0) is 16.0 Å². The minimum atomic E-state index is -0.112. The zero-order valence-electron chi connectivity index (χ0n) is 16.9. The molecule has 1 aliphatic heterocycles. The number of aryl methyl sites for hydroxylation is 1. The molecule has 2 amide bonds. The molecule has 0 spiro atoms. The lowest BCUT2D eigenvalue weighted by molar-refractivity contribution is -0.125. The number of hydrogen-bond donors (Lipinski definition) is 1. The Kier molecular flexibility index (Phi) is 7.15. The largest absolute Gasteiger partial charge is 0.487 e. The second-order valence-corrected chi connectivity index (χ2v) is 7.97. The van der Waals surface area contributed by atoms with E-state index >= 15 is 0 Å². The van der Waals surface area contributed by atoms with E-state index in [9.17, 15) is 9.59 Å². The molecule has 0 radical (unpaired) electrons. The SMILES string of the molecule is C[C@H](CCc1ccccc1)NC(=O)CCC(=O)N1C[C@@H](C)Oc2ccc(Cl)cc21. The third-order valence-corrected chi connectivity index (χ3v) is 5.20. The van der Waals surface area contributed by atoms with Gasteiger partial charge in [0, 0.05) is 23.9 Å². The number of halogens is 1. The van der Waals surface area contributed by atoms with Crippen LogP contribution in [0.5, 0.6) is 5.75 Å². The van der Waals surface area contributed by atoms with Gasteiger partial charge >= 0.3 is 0 Å². The van der Waals surface area contributed by atoms with E-state index in [-0.39, 0.29) is 36.8 Å². The molecule has 1 N–H and O–H groups in total. The predicted octanol–water partition coefficient (Wildman–Crippen LogP) is 4.37. The Morgan fingerprint density at radius 1 is 1.21 bits per heavy atom. The highest BCUT2D eigenvalue weighted by molar-refractivity contribution is 6.31. The number of nitrogens with zero attached hydrogens (tertiary/aromatic N) is 1. The summed E-state index contributed by atoms with van der Waals surface area (Å²) in [5.74, 6) is 0.433. The van der Waals surface area contributed by atoms with E-state index in [1.807, 2.05) is 32.0 Å². The number of carbonyl (C=O) groups is 2. The zero-order chi connectivity index (χ0) is 20.8. The summed E-state index contributed by atoms with van der Waals surface area (Å²) in [5.41, 5.74) is 1.92. The Bertz CT molecular complexity index is 856. The number of amides is 2. The van der Waals surface area contributed by atoms with E-state index in [2.05, 4.69) is 17.4 Å². The van der Waals surface area contributed by atoms with Crippen LogP contribution in [0.4, 0.5) is 5.69 Å². The van der Waals surface area contributed by atoms with Crippen LogP contribution in [0.3, 0.4) is 0 Å². The molecular weight excluding hydrogens is 388 g/mol. The topological polar surface area (TPSA) is 58.6 Å². The summed E-state index contributed by atoms with van der Waals surface area (Å²) in [5, 5.41) is 3.54. The van der Waals surface area contributed by atoms with E-state index in [1.54, 1.807) is 23.1 Å². The number of rotatable bonds is 7. The van der Waals surface area contributed by atoms with Crippen LogP contribution in [-0.4, -0.2) is 30.5 Å². The molecule has 0 aromatic heterocycles. The normalized spacial score (nSPS) is 16.5. The molecule has 6 heteroatoms. The summed E-state index contributed by atoms with van der Waals surface area (Å²) in [6.07, 6.45) is 1.96. The van der Waals surface area contributed by atoms with Crippen molar-refractivity contribution < 1.29 is 14.3 Å². The number of nitrogens with one attached hydrogen (secondary N) is 1. The van der Waals surface area contributed by atoms with Crippen LogP contribution in [0.25, 0.3) is 0 Å². The first-order valence-corrected chi connectivity index (χ1v) is 10.4. The highest BCUT2D eigenvalue weighted by Crippen LogP contribution is 2.36. The molecule has 2 aromatic carbocycles. The first-order chi connectivity index (χ1) is 13.9. The molecule has 2 atom stereocenters. The van der Waals surface area contributed by atoms with Crippen molar-refractivity contribution in [2.24, 2.45) is 0 Å². The highest BCUT2D eigenvalue weighted by Gasteiger charge is 2.28. The van der Waals surface area contributed by atoms with Crippen LogP contribution < -0.4 is 15.0 Å². The van der Waals surface area contributed by atoms with Gasteiger partial charge in [-0.3, -0.25) is 9.59 Å². The number of fused-ring (bicyclic) bond motifs is 1. The van der Waals surface area contributed by atoms with Crippen molar-refractivity contribution in [1.82, 2.24) is 5.32 Å². The summed E-state index contributed by atoms with van der Waals surface area (Å²) in [7, 11) is 0.